The lowest BCUT2D eigenvalue weighted by molar-refractivity contribution is 1.10. The summed E-state index contributed by atoms with van der Waals surface area (Å²) in [5.74, 6) is 0.803. The summed E-state index contributed by atoms with van der Waals surface area (Å²) in [5.41, 5.74) is 2.86. The molecule has 0 unspecified atom stereocenters. The van der Waals surface area contributed by atoms with Crippen molar-refractivity contribution in [3.63, 3.8) is 0 Å². The topological polar surface area (TPSA) is 36.8 Å². The molecule has 1 rings (SSSR count). The molecule has 0 aliphatic carbocycles. The van der Waals surface area contributed by atoms with Crippen molar-refractivity contribution in [2.24, 2.45) is 9.98 Å². The van der Waals surface area contributed by atoms with Crippen LogP contribution in [0.1, 0.15) is 19.4 Å². The summed E-state index contributed by atoms with van der Waals surface area (Å²) in [5, 5.41) is 3.98. The Morgan fingerprint density at radius 3 is 2.83 bits per heavy atom. The second-order valence-corrected chi connectivity index (χ2v) is 4.30. The largest absolute Gasteiger partial charge is 0.344 e. The van der Waals surface area contributed by atoms with Crippen LogP contribution in [0.25, 0.3) is 0 Å². The number of allylic oxidation sites excluding steroid dienone is 1. The van der Waals surface area contributed by atoms with E-state index < -0.39 is 0 Å². The molecule has 0 bridgehead atoms. The monoisotopic (exact) mass is 263 g/mol. The quantitative estimate of drug-likeness (QED) is 0.645. The van der Waals surface area contributed by atoms with Crippen LogP contribution >= 0.6 is 11.6 Å². The van der Waals surface area contributed by atoms with Gasteiger partial charge in [-0.05, 0) is 45.2 Å². The molecule has 0 saturated carbocycles. The van der Waals surface area contributed by atoms with Gasteiger partial charge < -0.3 is 5.32 Å². The minimum absolute atomic E-state index is 0.518. The Kier molecular flexibility index (Phi) is 5.59. The third-order valence-corrected chi connectivity index (χ3v) is 2.91. The first-order chi connectivity index (χ1) is 8.58. The van der Waals surface area contributed by atoms with E-state index in [1.165, 1.54) is 0 Å². The molecule has 96 valence electrons. The lowest BCUT2D eigenvalue weighted by Gasteiger charge is -2.10. The van der Waals surface area contributed by atoms with Crippen LogP contribution in [0.3, 0.4) is 0 Å². The third-order valence-electron chi connectivity index (χ3n) is 2.50. The minimum Gasteiger partial charge on any atom is -0.344 e. The molecule has 1 aromatic carbocycles. The normalized spacial score (nSPS) is 12.4. The molecule has 3 nitrogen and oxygen atoms in total. The van der Waals surface area contributed by atoms with Crippen molar-refractivity contribution < 1.29 is 0 Å². The van der Waals surface area contributed by atoms with Crippen LogP contribution in [0.15, 0.2) is 40.0 Å². The SMILES string of the molecule is C=NCC(=C/C)/N=C(\C)Nc1cccc(Cl)c1C. The fraction of sp³-hybridized carbons (Fsp3) is 0.286. The highest BCUT2D eigenvalue weighted by Gasteiger charge is 2.02. The molecule has 0 aromatic heterocycles. The van der Waals surface area contributed by atoms with Gasteiger partial charge in [-0.25, -0.2) is 4.99 Å². The molecule has 0 saturated heterocycles. The number of rotatable bonds is 4. The second-order valence-electron chi connectivity index (χ2n) is 3.90. The van der Waals surface area contributed by atoms with Crippen LogP contribution in [-0.2, 0) is 0 Å². The van der Waals surface area contributed by atoms with Gasteiger partial charge in [0.1, 0.15) is 5.84 Å². The van der Waals surface area contributed by atoms with Gasteiger partial charge in [-0.1, -0.05) is 23.7 Å². The van der Waals surface area contributed by atoms with E-state index in [1.807, 2.05) is 45.0 Å². The number of nitrogens with zero attached hydrogens (tertiary/aromatic N) is 2. The third kappa shape index (κ3) is 4.00. The maximum absolute atomic E-state index is 6.07. The highest BCUT2D eigenvalue weighted by molar-refractivity contribution is 6.31. The molecule has 0 atom stereocenters. The number of nitrogens with one attached hydrogen (secondary N) is 1. The van der Waals surface area contributed by atoms with E-state index in [-0.39, 0.29) is 0 Å². The molecule has 18 heavy (non-hydrogen) atoms. The first-order valence-corrected chi connectivity index (χ1v) is 6.11. The summed E-state index contributed by atoms with van der Waals surface area (Å²) in [6.07, 6.45) is 1.92. The van der Waals surface area contributed by atoms with Gasteiger partial charge in [0.2, 0.25) is 0 Å². The smallest absolute Gasteiger partial charge is 0.103 e. The van der Waals surface area contributed by atoms with Crippen molar-refractivity contribution >= 4 is 29.8 Å². The van der Waals surface area contributed by atoms with Crippen LogP contribution in [-0.4, -0.2) is 19.1 Å². The Balaban J connectivity index is 2.87. The van der Waals surface area contributed by atoms with Gasteiger partial charge in [0, 0.05) is 10.7 Å². The first-order valence-electron chi connectivity index (χ1n) is 5.73. The second kappa shape index (κ2) is 6.97. The van der Waals surface area contributed by atoms with Crippen molar-refractivity contribution in [3.05, 3.63) is 40.6 Å². The van der Waals surface area contributed by atoms with Crippen LogP contribution in [0.5, 0.6) is 0 Å². The van der Waals surface area contributed by atoms with E-state index in [1.54, 1.807) is 0 Å². The van der Waals surface area contributed by atoms with Gasteiger partial charge in [0.15, 0.2) is 0 Å². The predicted molar refractivity (Wildman–Crippen MR) is 81.1 cm³/mol. The van der Waals surface area contributed by atoms with E-state index in [2.05, 4.69) is 22.0 Å². The van der Waals surface area contributed by atoms with E-state index in [0.29, 0.717) is 6.54 Å². The Hall–Kier alpha value is -1.61. The molecule has 1 N–H and O–H groups in total. The molecule has 0 radical (unpaired) electrons. The van der Waals surface area contributed by atoms with Crippen molar-refractivity contribution in [1.82, 2.24) is 0 Å². The van der Waals surface area contributed by atoms with Gasteiger partial charge in [0.25, 0.3) is 0 Å². The van der Waals surface area contributed by atoms with E-state index in [0.717, 1.165) is 27.8 Å². The predicted octanol–water partition coefficient (Wildman–Crippen LogP) is 4.08. The lowest BCUT2D eigenvalue weighted by atomic mass is 10.2. The lowest BCUT2D eigenvalue weighted by Crippen LogP contribution is -2.09. The Bertz CT molecular complexity index is 490. The molecule has 0 heterocycles. The Morgan fingerprint density at radius 2 is 2.22 bits per heavy atom. The van der Waals surface area contributed by atoms with Crippen LogP contribution in [0.2, 0.25) is 5.02 Å². The minimum atomic E-state index is 0.518. The molecule has 1 aromatic rings. The van der Waals surface area contributed by atoms with E-state index in [9.17, 15) is 0 Å². The Morgan fingerprint density at radius 1 is 1.50 bits per heavy atom. The number of hydrogen-bond donors (Lipinski definition) is 1. The van der Waals surface area contributed by atoms with Crippen molar-refractivity contribution in [2.45, 2.75) is 20.8 Å². The van der Waals surface area contributed by atoms with Gasteiger partial charge in [-0.3, -0.25) is 4.99 Å². The van der Waals surface area contributed by atoms with Gasteiger partial charge >= 0.3 is 0 Å². The zero-order valence-electron chi connectivity index (χ0n) is 11.0. The standard InChI is InChI=1S/C14H18ClN3/c1-5-12(9-16-4)17-11(3)18-14-8-6-7-13(15)10(14)2/h5-8H,4,9H2,1-3H3,(H,17,18)/b12-5-. The molecule has 0 aliphatic rings. The zero-order chi connectivity index (χ0) is 13.5. The maximum Gasteiger partial charge on any atom is 0.103 e. The Labute approximate surface area is 113 Å². The number of hydrogen-bond acceptors (Lipinski definition) is 2. The molecule has 0 aliphatic heterocycles. The van der Waals surface area contributed by atoms with Crippen LogP contribution in [0, 0.1) is 6.92 Å². The van der Waals surface area contributed by atoms with Crippen LogP contribution < -0.4 is 5.32 Å². The molecule has 0 fully saturated rings. The highest BCUT2D eigenvalue weighted by atomic mass is 35.5. The zero-order valence-corrected chi connectivity index (χ0v) is 11.8. The fourth-order valence-electron chi connectivity index (χ4n) is 1.49. The number of halogens is 1. The highest BCUT2D eigenvalue weighted by Crippen LogP contribution is 2.22. The van der Waals surface area contributed by atoms with Crippen LogP contribution in [0.4, 0.5) is 5.69 Å². The number of benzene rings is 1. The fourth-order valence-corrected chi connectivity index (χ4v) is 1.66. The molecular formula is C14H18ClN3. The summed E-state index contributed by atoms with van der Waals surface area (Å²) in [6.45, 7) is 9.80. The number of anilines is 1. The number of aliphatic imine (C=N–C) groups is 2. The average molecular weight is 264 g/mol. The summed E-state index contributed by atoms with van der Waals surface area (Å²) < 4.78 is 0. The van der Waals surface area contributed by atoms with Crippen molar-refractivity contribution in [3.8, 4) is 0 Å². The first kappa shape index (κ1) is 14.5. The van der Waals surface area contributed by atoms with Gasteiger partial charge in [0.05, 0.1) is 12.2 Å². The molecule has 4 heteroatoms. The molecule has 0 spiro atoms. The maximum atomic E-state index is 6.07. The summed E-state index contributed by atoms with van der Waals surface area (Å²) in [4.78, 5) is 8.26. The summed E-state index contributed by atoms with van der Waals surface area (Å²) in [7, 11) is 0. The molecule has 0 amide bonds. The van der Waals surface area contributed by atoms with Gasteiger partial charge in [-0.2, -0.15) is 0 Å². The van der Waals surface area contributed by atoms with Crippen molar-refractivity contribution in [2.75, 3.05) is 11.9 Å². The van der Waals surface area contributed by atoms with E-state index in [4.69, 9.17) is 11.6 Å². The van der Waals surface area contributed by atoms with E-state index >= 15 is 0 Å². The number of amidine groups is 1. The summed E-state index contributed by atoms with van der Waals surface area (Å²) in [6, 6.07) is 5.75. The summed E-state index contributed by atoms with van der Waals surface area (Å²) >= 11 is 6.07. The molecular weight excluding hydrogens is 246 g/mol. The average Bonchev–Trinajstić information content (AvgIpc) is 2.34. The van der Waals surface area contributed by atoms with Gasteiger partial charge in [-0.15, -0.1) is 0 Å². The van der Waals surface area contributed by atoms with Crippen molar-refractivity contribution in [1.29, 1.82) is 0 Å².